The molecule has 0 fully saturated rings. The number of benzene rings is 1. The van der Waals surface area contributed by atoms with Crippen LogP contribution in [0.15, 0.2) is 33.6 Å². The van der Waals surface area contributed by atoms with Crippen LogP contribution in [0.25, 0.3) is 22.4 Å². The summed E-state index contributed by atoms with van der Waals surface area (Å²) in [5.41, 5.74) is 0.448. The highest BCUT2D eigenvalue weighted by molar-refractivity contribution is 5.91. The molecule has 2 aromatic heterocycles. The minimum Gasteiger partial charge on any atom is -0.332 e. The van der Waals surface area contributed by atoms with Crippen molar-refractivity contribution in [1.29, 1.82) is 0 Å². The van der Waals surface area contributed by atoms with Gasteiger partial charge >= 0.3 is 0 Å². The number of nitrogens with zero attached hydrogens (tertiary/aromatic N) is 4. The van der Waals surface area contributed by atoms with E-state index in [0.29, 0.717) is 41.7 Å². The van der Waals surface area contributed by atoms with E-state index in [1.54, 1.807) is 6.07 Å². The highest BCUT2D eigenvalue weighted by atomic mass is 35.5. The van der Waals surface area contributed by atoms with Crippen LogP contribution in [0.4, 0.5) is 0 Å². The van der Waals surface area contributed by atoms with E-state index in [9.17, 15) is 4.79 Å². The average molecular weight is 378 g/mol. The van der Waals surface area contributed by atoms with Crippen LogP contribution in [-0.4, -0.2) is 33.0 Å². The number of likely N-dealkylation sites (N-methyl/N-ethyl adjacent to an activating group) is 1. The molecular formula is C18H24ClN5O2. The summed E-state index contributed by atoms with van der Waals surface area (Å²) in [7, 11) is 1.89. The maximum absolute atomic E-state index is 12.7. The van der Waals surface area contributed by atoms with Crippen LogP contribution >= 0.6 is 12.4 Å². The third-order valence-corrected chi connectivity index (χ3v) is 4.06. The van der Waals surface area contributed by atoms with Crippen molar-refractivity contribution in [3.8, 4) is 11.6 Å². The molecule has 0 amide bonds. The Labute approximate surface area is 158 Å². The van der Waals surface area contributed by atoms with E-state index >= 15 is 0 Å². The molecule has 0 saturated carbocycles. The molecule has 3 aromatic rings. The molecule has 1 aromatic carbocycles. The number of nitrogens with one attached hydrogen (secondary N) is 1. The lowest BCUT2D eigenvalue weighted by Gasteiger charge is -2.10. The molecule has 0 aliphatic carbocycles. The van der Waals surface area contributed by atoms with Crippen LogP contribution in [0.5, 0.6) is 0 Å². The quantitative estimate of drug-likeness (QED) is 0.710. The summed E-state index contributed by atoms with van der Waals surface area (Å²) in [6.07, 6.45) is 0.656. The number of aromatic nitrogens is 4. The van der Waals surface area contributed by atoms with E-state index in [4.69, 9.17) is 4.52 Å². The second-order valence-electron chi connectivity index (χ2n) is 6.68. The summed E-state index contributed by atoms with van der Waals surface area (Å²) >= 11 is 0. The van der Waals surface area contributed by atoms with Crippen molar-refractivity contribution in [2.45, 2.75) is 39.8 Å². The predicted molar refractivity (Wildman–Crippen MR) is 104 cm³/mol. The normalized spacial score (nSPS) is 12.3. The molecule has 3 rings (SSSR count). The van der Waals surface area contributed by atoms with E-state index in [-0.39, 0.29) is 24.0 Å². The van der Waals surface area contributed by atoms with Crippen LogP contribution in [0.3, 0.4) is 0 Å². The van der Waals surface area contributed by atoms with E-state index in [0.717, 1.165) is 5.39 Å². The minimum absolute atomic E-state index is 0. The van der Waals surface area contributed by atoms with Gasteiger partial charge in [-0.1, -0.05) is 37.2 Å². The molecule has 2 heterocycles. The maximum atomic E-state index is 12.7. The molecule has 0 spiro atoms. The first-order valence-electron chi connectivity index (χ1n) is 8.49. The van der Waals surface area contributed by atoms with Gasteiger partial charge in [-0.3, -0.25) is 4.79 Å². The largest absolute Gasteiger partial charge is 0.332 e. The van der Waals surface area contributed by atoms with Gasteiger partial charge in [-0.2, -0.15) is 10.1 Å². The first kappa shape index (κ1) is 20.1. The van der Waals surface area contributed by atoms with Gasteiger partial charge in [0.15, 0.2) is 11.5 Å². The lowest BCUT2D eigenvalue weighted by molar-refractivity contribution is 0.413. The van der Waals surface area contributed by atoms with Crippen molar-refractivity contribution in [2.75, 3.05) is 7.05 Å². The smallest absolute Gasteiger partial charge is 0.279 e. The van der Waals surface area contributed by atoms with Crippen LogP contribution in [0, 0.1) is 5.92 Å². The van der Waals surface area contributed by atoms with Gasteiger partial charge in [0.1, 0.15) is 0 Å². The molecule has 0 aliphatic heterocycles. The lowest BCUT2D eigenvalue weighted by atomic mass is 10.1. The number of rotatable bonds is 6. The number of hydrogen-bond acceptors (Lipinski definition) is 6. The highest BCUT2D eigenvalue weighted by Gasteiger charge is 2.18. The Balaban J connectivity index is 0.00000243. The first-order chi connectivity index (χ1) is 12.0. The van der Waals surface area contributed by atoms with E-state index < -0.39 is 0 Å². The molecule has 1 atom stereocenters. The Bertz CT molecular complexity index is 935. The van der Waals surface area contributed by atoms with Gasteiger partial charge in [0.2, 0.25) is 0 Å². The third kappa shape index (κ3) is 4.11. The predicted octanol–water partition coefficient (Wildman–Crippen LogP) is 2.67. The monoisotopic (exact) mass is 377 g/mol. The molecule has 1 unspecified atom stereocenters. The summed E-state index contributed by atoms with van der Waals surface area (Å²) < 4.78 is 6.93. The van der Waals surface area contributed by atoms with Gasteiger partial charge in [0.05, 0.1) is 5.39 Å². The minimum atomic E-state index is -0.100. The van der Waals surface area contributed by atoms with Crippen molar-refractivity contribution in [3.05, 3.63) is 40.4 Å². The van der Waals surface area contributed by atoms with Crippen LogP contribution < -0.4 is 10.9 Å². The topological polar surface area (TPSA) is 85.8 Å². The molecule has 0 bridgehead atoms. The van der Waals surface area contributed by atoms with Gasteiger partial charge in [-0.05, 0) is 26.0 Å². The summed E-state index contributed by atoms with van der Waals surface area (Å²) in [5.74, 6) is 1.25. The zero-order valence-electron chi connectivity index (χ0n) is 15.4. The van der Waals surface area contributed by atoms with Crippen molar-refractivity contribution in [1.82, 2.24) is 25.2 Å². The zero-order chi connectivity index (χ0) is 18.0. The molecule has 8 heteroatoms. The molecule has 7 nitrogen and oxygen atoms in total. The molecular weight excluding hydrogens is 354 g/mol. The SMILES string of the molecule is CNC(C)Cc1noc(-c2nn(CC(C)C)c(=O)c3ccccc23)n1.Cl. The van der Waals surface area contributed by atoms with E-state index in [2.05, 4.69) is 20.6 Å². The summed E-state index contributed by atoms with van der Waals surface area (Å²) in [6.45, 7) is 6.68. The third-order valence-electron chi connectivity index (χ3n) is 4.06. The Morgan fingerprint density at radius 2 is 1.88 bits per heavy atom. The highest BCUT2D eigenvalue weighted by Crippen LogP contribution is 2.23. The molecule has 1 N–H and O–H groups in total. The number of fused-ring (bicyclic) bond motifs is 1. The van der Waals surface area contributed by atoms with Gasteiger partial charge in [-0.25, -0.2) is 4.68 Å². The first-order valence-corrected chi connectivity index (χ1v) is 8.49. The summed E-state index contributed by atoms with van der Waals surface area (Å²) in [6, 6.07) is 7.63. The lowest BCUT2D eigenvalue weighted by Crippen LogP contribution is -2.26. The van der Waals surface area contributed by atoms with Crippen LogP contribution in [-0.2, 0) is 13.0 Å². The summed E-state index contributed by atoms with van der Waals surface area (Å²) in [5, 5.41) is 13.0. The molecule has 0 aliphatic rings. The van der Waals surface area contributed by atoms with Crippen LogP contribution in [0.1, 0.15) is 26.6 Å². The molecule has 0 saturated heterocycles. The van der Waals surface area contributed by atoms with Crippen molar-refractivity contribution < 1.29 is 4.52 Å². The van der Waals surface area contributed by atoms with Gasteiger partial charge in [-0.15, -0.1) is 12.4 Å². The Hall–Kier alpha value is -2.25. The Kier molecular flexibility index (Phi) is 6.50. The molecule has 140 valence electrons. The Morgan fingerprint density at radius 3 is 2.54 bits per heavy atom. The number of hydrogen-bond donors (Lipinski definition) is 1. The zero-order valence-corrected chi connectivity index (χ0v) is 16.2. The van der Waals surface area contributed by atoms with Gasteiger partial charge in [0, 0.05) is 24.4 Å². The maximum Gasteiger partial charge on any atom is 0.279 e. The molecule has 26 heavy (non-hydrogen) atoms. The second kappa shape index (κ2) is 8.42. The van der Waals surface area contributed by atoms with E-state index in [1.807, 2.05) is 46.0 Å². The van der Waals surface area contributed by atoms with Crippen molar-refractivity contribution >= 4 is 23.2 Å². The van der Waals surface area contributed by atoms with Crippen molar-refractivity contribution in [2.24, 2.45) is 5.92 Å². The van der Waals surface area contributed by atoms with E-state index in [1.165, 1.54) is 4.68 Å². The fraction of sp³-hybridized carbons (Fsp3) is 0.444. The number of halogens is 1. The Morgan fingerprint density at radius 1 is 1.19 bits per heavy atom. The standard InChI is InChI=1S/C18H23N5O2.ClH/c1-11(2)10-23-18(24)14-8-6-5-7-13(14)16(21-23)17-20-15(22-25-17)9-12(3)19-4;/h5-8,11-12,19H,9-10H2,1-4H3;1H. The van der Waals surface area contributed by atoms with Crippen molar-refractivity contribution in [3.63, 3.8) is 0 Å². The summed E-state index contributed by atoms with van der Waals surface area (Å²) in [4.78, 5) is 17.1. The van der Waals surface area contributed by atoms with Crippen LogP contribution in [0.2, 0.25) is 0 Å². The molecule has 0 radical (unpaired) electrons. The average Bonchev–Trinajstić information content (AvgIpc) is 3.05. The fourth-order valence-corrected chi connectivity index (χ4v) is 2.67. The second-order valence-corrected chi connectivity index (χ2v) is 6.68. The van der Waals surface area contributed by atoms with Gasteiger partial charge in [0.25, 0.3) is 11.4 Å². The fourth-order valence-electron chi connectivity index (χ4n) is 2.67. The van der Waals surface area contributed by atoms with Gasteiger partial charge < -0.3 is 9.84 Å².